The molecule has 24 nitrogen and oxygen atoms in total. The van der Waals surface area contributed by atoms with Crippen LogP contribution in [0.5, 0.6) is 11.5 Å². The second-order valence-electron chi connectivity index (χ2n) is 23.0. The van der Waals surface area contributed by atoms with E-state index in [0.29, 0.717) is 57.3 Å². The van der Waals surface area contributed by atoms with Gasteiger partial charge in [-0.2, -0.15) is 4.90 Å². The summed E-state index contributed by atoms with van der Waals surface area (Å²) >= 11 is 0. The average Bonchev–Trinajstić information content (AvgIpc) is 1.80. The van der Waals surface area contributed by atoms with Crippen molar-refractivity contribution in [3.63, 3.8) is 0 Å². The maximum absolute atomic E-state index is 13.5. The topological polar surface area (TPSA) is 303 Å². The van der Waals surface area contributed by atoms with Gasteiger partial charge in [0.05, 0.1) is 21.8 Å². The van der Waals surface area contributed by atoms with Crippen LogP contribution in [0.15, 0.2) is 128 Å². The average molecular weight is 1150 g/mol. The Labute approximate surface area is 482 Å². The van der Waals surface area contributed by atoms with Crippen LogP contribution in [0, 0.1) is 0 Å². The van der Waals surface area contributed by atoms with E-state index in [1.54, 1.807) is 93.4 Å². The Hall–Kier alpha value is -8.78. The van der Waals surface area contributed by atoms with Gasteiger partial charge in [0.25, 0.3) is 0 Å². The first-order valence-electron chi connectivity index (χ1n) is 27.3. The number of rotatable bonds is 12. The fraction of sp³-hybridized carbons (Fsp3) is 0.367. The molecule has 3 aromatic carbocycles. The molecule has 3 saturated heterocycles. The summed E-state index contributed by atoms with van der Waals surface area (Å²) in [7, 11) is 0. The molecule has 6 aromatic heterocycles. The number of hydrogen-bond acceptors (Lipinski definition) is 21. The number of hydrogen-bond donors (Lipinski definition) is 5. The van der Waals surface area contributed by atoms with E-state index in [-0.39, 0.29) is 19.0 Å². The van der Waals surface area contributed by atoms with E-state index < -0.39 is 78.3 Å². The van der Waals surface area contributed by atoms with E-state index in [1.165, 1.54) is 12.7 Å². The number of ether oxygens (including phenoxy) is 8. The van der Waals surface area contributed by atoms with Crippen molar-refractivity contribution in [1.82, 2.24) is 39.0 Å². The lowest BCUT2D eigenvalue weighted by atomic mass is 10.1. The first-order chi connectivity index (χ1) is 40.0. The molecule has 0 radical (unpaired) electrons. The van der Waals surface area contributed by atoms with Crippen LogP contribution in [0.2, 0.25) is 0 Å². The van der Waals surface area contributed by atoms with Gasteiger partial charge < -0.3 is 74.0 Å². The number of nitrogens with two attached hydrogens (primary N) is 2. The van der Waals surface area contributed by atoms with Crippen molar-refractivity contribution in [2.45, 2.75) is 128 Å². The number of nitrogens with zero attached hydrogens (tertiary/aromatic N) is 9. The highest BCUT2D eigenvalue weighted by atomic mass is 16.8. The van der Waals surface area contributed by atoms with Crippen molar-refractivity contribution in [1.29, 1.82) is 0 Å². The summed E-state index contributed by atoms with van der Waals surface area (Å²) in [5.41, 5.74) is 13.4. The highest BCUT2D eigenvalue weighted by Gasteiger charge is 2.56. The van der Waals surface area contributed by atoms with Crippen molar-refractivity contribution in [2.24, 2.45) is 0 Å². The zero-order valence-electron chi connectivity index (χ0n) is 47.5. The van der Waals surface area contributed by atoms with Crippen LogP contribution in [0.1, 0.15) is 73.4 Å². The lowest BCUT2D eigenvalue weighted by Gasteiger charge is -2.28. The normalized spacial score (nSPS) is 21.9. The van der Waals surface area contributed by atoms with Gasteiger partial charge in [0.2, 0.25) is 0 Å². The number of carbonyl (C=O) groups excluding carboxylic acids is 2. The lowest BCUT2D eigenvalue weighted by Crippen LogP contribution is -2.44. The summed E-state index contributed by atoms with van der Waals surface area (Å²) in [6.45, 7) is 14.8. The van der Waals surface area contributed by atoms with Gasteiger partial charge in [0.15, 0.2) is 24.1 Å². The number of pyridine rings is 2. The van der Waals surface area contributed by atoms with Crippen molar-refractivity contribution < 1.29 is 57.7 Å². The molecule has 0 saturated carbocycles. The summed E-state index contributed by atoms with van der Waals surface area (Å²) in [4.78, 5) is 53.9. The van der Waals surface area contributed by atoms with Gasteiger partial charge in [-0.3, -0.25) is 0 Å². The van der Waals surface area contributed by atoms with E-state index in [9.17, 15) is 19.8 Å². The number of aromatic nitrogens is 8. The molecule has 9 heterocycles. The quantitative estimate of drug-likeness (QED) is 0.0764. The molecule has 3 aliphatic heterocycles. The Bertz CT molecular complexity index is 3840. The predicted molar refractivity (Wildman–Crippen MR) is 311 cm³/mol. The number of amides is 2. The zero-order chi connectivity index (χ0) is 59.2. The summed E-state index contributed by atoms with van der Waals surface area (Å²) in [6.07, 6.45) is -1.92. The molecule has 3 fully saturated rings. The number of fused-ring (bicyclic) bond motifs is 5. The van der Waals surface area contributed by atoms with Crippen molar-refractivity contribution in [3.05, 3.63) is 134 Å². The van der Waals surface area contributed by atoms with Gasteiger partial charge >= 0.3 is 12.2 Å². The summed E-state index contributed by atoms with van der Waals surface area (Å²) < 4.78 is 52.0. The molecule has 0 bridgehead atoms. The highest BCUT2D eigenvalue weighted by molar-refractivity contribution is 6.13. The number of anilines is 4. The molecule has 7 N–H and O–H groups in total. The molecule has 0 unspecified atom stereocenters. The second-order valence-corrected chi connectivity index (χ2v) is 23.0. The molecule has 438 valence electrons. The van der Waals surface area contributed by atoms with E-state index in [4.69, 9.17) is 54.3 Å². The third-order valence-corrected chi connectivity index (χ3v) is 13.9. The Kier molecular flexibility index (Phi) is 15.5. The van der Waals surface area contributed by atoms with Gasteiger partial charge in [-0.1, -0.05) is 30.3 Å². The number of aliphatic hydroxyl groups is 2. The van der Waals surface area contributed by atoms with Gasteiger partial charge in [-0.05, 0) is 122 Å². The number of benzene rings is 3. The van der Waals surface area contributed by atoms with Crippen LogP contribution in [0.3, 0.4) is 0 Å². The molecule has 8 atom stereocenters. The van der Waals surface area contributed by atoms with Crippen molar-refractivity contribution >= 4 is 79.3 Å². The number of imide groups is 1. The third-order valence-electron chi connectivity index (χ3n) is 13.9. The Morgan fingerprint density at radius 2 is 1.21 bits per heavy atom. The molecule has 84 heavy (non-hydrogen) atoms. The third kappa shape index (κ3) is 12.3. The molecule has 2 amide bonds. The zero-order valence-corrected chi connectivity index (χ0v) is 47.5. The molecule has 0 aliphatic carbocycles. The fourth-order valence-corrected chi connectivity index (χ4v) is 10.1. The number of aliphatic hydroxyl groups excluding tert-OH is 2. The molecule has 3 aliphatic rings. The fourth-order valence-electron chi connectivity index (χ4n) is 10.1. The van der Waals surface area contributed by atoms with Crippen LogP contribution < -0.4 is 31.2 Å². The summed E-state index contributed by atoms with van der Waals surface area (Å²) in [6, 6.07) is 32.4. The smallest absolute Gasteiger partial charge is 0.425 e. The van der Waals surface area contributed by atoms with E-state index >= 15 is 0 Å². The first-order valence-corrected chi connectivity index (χ1v) is 27.3. The minimum absolute atomic E-state index is 0.00365. The summed E-state index contributed by atoms with van der Waals surface area (Å²) in [5, 5.41) is 27.4. The highest BCUT2D eigenvalue weighted by Crippen LogP contribution is 2.45. The van der Waals surface area contributed by atoms with E-state index in [2.05, 4.69) is 42.4 Å². The molecule has 12 rings (SSSR count). The van der Waals surface area contributed by atoms with Crippen LogP contribution >= 0.6 is 0 Å². The Morgan fingerprint density at radius 3 is 1.88 bits per heavy atom. The van der Waals surface area contributed by atoms with E-state index in [0.717, 1.165) is 32.6 Å². The molecule has 24 heteroatoms. The van der Waals surface area contributed by atoms with Crippen LogP contribution in [0.25, 0.3) is 43.9 Å². The molecule has 9 aromatic rings. The minimum Gasteiger partial charge on any atom is -0.491 e. The standard InChI is InChI=1S/C40H46N6O8.C20H20N6O4/c1-38(2,3)53-36(47)46(37(48)54-39(4,5)6)34-27-18-19-45(33(27)42-23-43-34)35-32-31(51-40(7,8)52-32)29(50-35)22-49-26-16-14-25-15-17-30(44-28(25)20-26)41-21-24-12-10-9-11-13-24;21-15-4-2-10-1-3-11(7-13(10)25-15)29-8-14-16(27)17(28)20(30-14)26-6-5-12-18(22)23-9-24-19(12)26/h9-20,23,29,31-32,35H,21-22H2,1-8H3,(H,41,44);1-7,9,14,16-17,20,27-28H,8H2,(H2,21,25)(H2,22,23,24)/t29-,31-,32-,35-;14-,16-,17-,20-/m11/s1. The molecule has 0 spiro atoms. The Balaban J connectivity index is 0.000000206. The van der Waals surface area contributed by atoms with Crippen molar-refractivity contribution in [3.8, 4) is 11.5 Å². The largest absolute Gasteiger partial charge is 0.491 e. The lowest BCUT2D eigenvalue weighted by molar-refractivity contribution is -0.198. The summed E-state index contributed by atoms with van der Waals surface area (Å²) in [5.74, 6) is 1.81. The number of nitrogens with one attached hydrogen (secondary N) is 1. The maximum atomic E-state index is 13.5. The predicted octanol–water partition coefficient (Wildman–Crippen LogP) is 8.61. The van der Waals surface area contributed by atoms with Gasteiger partial charge in [0.1, 0.15) is 114 Å². The van der Waals surface area contributed by atoms with Gasteiger partial charge in [-0.25, -0.2) is 39.5 Å². The monoisotopic (exact) mass is 1150 g/mol. The number of nitrogen functional groups attached to an aromatic ring is 2. The minimum atomic E-state index is -1.16. The van der Waals surface area contributed by atoms with Crippen LogP contribution in [0.4, 0.5) is 32.9 Å². The second kappa shape index (κ2) is 22.8. The number of carbonyl (C=O) groups is 2. The maximum Gasteiger partial charge on any atom is 0.425 e. The molecular weight excluding hydrogens is 1080 g/mol. The SMILES string of the molecule is CC(C)(C)OC(=O)N(C(=O)OC(C)(C)C)c1ncnc2c1ccn2[C@@H]1O[C@H](COc2ccc3ccc(NCc4ccccc4)nc3c2)[C@H]2OC(C)(C)O[C@H]21.Nc1ccc2ccc(OC[C@H]3O[C@@H](n4ccc5c(N)ncnc54)[C@H](O)[C@@H]3O)cc2n1. The van der Waals surface area contributed by atoms with Crippen LogP contribution in [-0.2, 0) is 35.0 Å². The Morgan fingerprint density at radius 1 is 0.655 bits per heavy atom. The van der Waals surface area contributed by atoms with Gasteiger partial charge in [0, 0.05) is 41.8 Å². The first kappa shape index (κ1) is 57.1. The molecular formula is C60H66N12O12. The van der Waals surface area contributed by atoms with Gasteiger partial charge in [-0.15, -0.1) is 0 Å². The van der Waals surface area contributed by atoms with Crippen LogP contribution in [-0.4, -0.2) is 128 Å². The van der Waals surface area contributed by atoms with E-state index in [1.807, 2.05) is 74.5 Å². The van der Waals surface area contributed by atoms with Crippen molar-refractivity contribution in [2.75, 3.05) is 34.9 Å².